The minimum Gasteiger partial charge on any atom is -0.467 e. The third-order valence-corrected chi connectivity index (χ3v) is 15.5. The number of ether oxygens (including phenoxy) is 11. The number of hydrogen-bond acceptors (Lipinski definition) is 24. The van der Waals surface area contributed by atoms with Crippen molar-refractivity contribution >= 4 is 29.8 Å². The van der Waals surface area contributed by atoms with Crippen LogP contribution >= 0.6 is 0 Å². The van der Waals surface area contributed by atoms with Crippen LogP contribution in [0.1, 0.15) is 117 Å². The molecule has 0 bridgehead atoms. The Kier molecular flexibility index (Phi) is 26.6. The predicted molar refractivity (Wildman–Crippen MR) is 283 cm³/mol. The lowest BCUT2D eigenvalue weighted by atomic mass is 9.97. The van der Waals surface area contributed by atoms with Gasteiger partial charge in [0.15, 0.2) is 18.6 Å². The number of aliphatic hydroxyl groups is 4. The van der Waals surface area contributed by atoms with Gasteiger partial charge < -0.3 is 83.2 Å². The lowest BCUT2D eigenvalue weighted by Crippen LogP contribution is -2.59. The number of aromatic amines is 1. The molecule has 1 amide bonds. The minimum atomic E-state index is -1.94. The van der Waals surface area contributed by atoms with Crippen molar-refractivity contribution < 1.29 is 96.5 Å². The Morgan fingerprint density at radius 1 is 0.728 bits per heavy atom. The highest BCUT2D eigenvalue weighted by Gasteiger charge is 2.57. The van der Waals surface area contributed by atoms with Crippen molar-refractivity contribution in [2.75, 3.05) is 55.6 Å². The number of unbranched alkanes of at least 4 members (excludes halogenated alkanes) is 7. The number of aliphatic hydroxyl groups excluding tert-OH is 4. The number of carbonyl (C=O) groups is 5. The number of likely N-dealkylation sites (N-methyl/N-ethyl adjacent to an activating group) is 2. The van der Waals surface area contributed by atoms with Gasteiger partial charge in [-0.05, 0) is 38.6 Å². The number of esters is 4. The van der Waals surface area contributed by atoms with E-state index in [1.807, 2.05) is 4.98 Å². The van der Waals surface area contributed by atoms with Crippen LogP contribution in [0.25, 0.3) is 0 Å². The summed E-state index contributed by atoms with van der Waals surface area (Å²) in [6.07, 6.45) is -12.0. The summed E-state index contributed by atoms with van der Waals surface area (Å²) in [5.41, 5.74) is 4.00. The van der Waals surface area contributed by atoms with E-state index in [2.05, 4.69) is 13.8 Å². The van der Waals surface area contributed by atoms with Gasteiger partial charge in [0.1, 0.15) is 79.3 Å². The van der Waals surface area contributed by atoms with Gasteiger partial charge in [-0.1, -0.05) is 72.1 Å². The van der Waals surface area contributed by atoms with E-state index in [1.165, 1.54) is 53.2 Å². The van der Waals surface area contributed by atoms with Gasteiger partial charge in [-0.3, -0.25) is 38.4 Å². The van der Waals surface area contributed by atoms with E-state index < -0.39 is 170 Å². The summed E-state index contributed by atoms with van der Waals surface area (Å²) in [5, 5.41) is 44.7. The molecule has 19 atom stereocenters. The average Bonchev–Trinajstić information content (AvgIpc) is 3.95. The van der Waals surface area contributed by atoms with Gasteiger partial charge in [0.25, 0.3) is 5.56 Å². The van der Waals surface area contributed by atoms with E-state index in [4.69, 9.17) is 57.8 Å². The van der Waals surface area contributed by atoms with E-state index in [9.17, 15) is 54.0 Å². The molecule has 0 aromatic carbocycles. The van der Waals surface area contributed by atoms with Gasteiger partial charge in [0.05, 0.1) is 19.6 Å². The zero-order chi connectivity index (χ0) is 59.8. The van der Waals surface area contributed by atoms with Crippen LogP contribution in [0.15, 0.2) is 21.9 Å². The van der Waals surface area contributed by atoms with Gasteiger partial charge in [0.2, 0.25) is 12.2 Å². The molecule has 462 valence electrons. The topological polar surface area (TPSA) is 355 Å². The number of hydrogen-bond donors (Lipinski definition) is 6. The molecule has 5 rings (SSSR count). The van der Waals surface area contributed by atoms with Crippen molar-refractivity contribution in [2.24, 2.45) is 17.6 Å². The smallest absolute Gasteiger partial charge is 0.332 e. The molecule has 0 aliphatic carbocycles. The number of nitrogens with two attached hydrogens (primary N) is 1. The van der Waals surface area contributed by atoms with Crippen molar-refractivity contribution in [3.8, 4) is 0 Å². The fraction of sp³-hybridized carbons (Fsp3) is 0.833. The maximum absolute atomic E-state index is 14.9. The van der Waals surface area contributed by atoms with Crippen molar-refractivity contribution in [3.63, 3.8) is 0 Å². The monoisotopic (exact) mass is 1160 g/mol. The summed E-state index contributed by atoms with van der Waals surface area (Å²) in [7, 11) is 8.11. The molecule has 1 aromatic rings. The van der Waals surface area contributed by atoms with Crippen LogP contribution < -0.4 is 17.0 Å². The van der Waals surface area contributed by atoms with E-state index in [0.717, 1.165) is 67.4 Å². The molecule has 4 fully saturated rings. The Hall–Kier alpha value is -4.49. The van der Waals surface area contributed by atoms with E-state index in [-0.39, 0.29) is 25.8 Å². The maximum Gasteiger partial charge on any atom is 0.332 e. The second-order valence-electron chi connectivity index (χ2n) is 22.1. The zero-order valence-corrected chi connectivity index (χ0v) is 48.4. The highest BCUT2D eigenvalue weighted by atomic mass is 16.7. The first-order valence-electron chi connectivity index (χ1n) is 28.1. The van der Waals surface area contributed by atoms with Crippen LogP contribution in [-0.4, -0.2) is 229 Å². The van der Waals surface area contributed by atoms with Crippen LogP contribution in [0.2, 0.25) is 0 Å². The zero-order valence-electron chi connectivity index (χ0n) is 48.4. The lowest BCUT2D eigenvalue weighted by molar-refractivity contribution is -0.297. The summed E-state index contributed by atoms with van der Waals surface area (Å²) in [6.45, 7) is 7.14. The fourth-order valence-electron chi connectivity index (χ4n) is 11.1. The van der Waals surface area contributed by atoms with Gasteiger partial charge in [-0.25, -0.2) is 9.59 Å². The predicted octanol–water partition coefficient (Wildman–Crippen LogP) is -0.220. The molecule has 27 heteroatoms. The Morgan fingerprint density at radius 3 is 1.91 bits per heavy atom. The molecule has 7 N–H and O–H groups in total. The summed E-state index contributed by atoms with van der Waals surface area (Å²) in [6, 6.07) is -2.30. The van der Waals surface area contributed by atoms with Crippen LogP contribution in [0.4, 0.5) is 0 Å². The molecule has 4 saturated heterocycles. The lowest BCUT2D eigenvalue weighted by Gasteiger charge is -2.43. The molecule has 19 unspecified atom stereocenters. The standard InChI is InChI=1S/C54H89N5O22/c1-28(2)19-17-15-13-11-12-14-16-18-20-31(76-35(61)23-29(3)24-36(62)79-53-48(73-9)47(72-8)44(71-7)30(4)75-53)25-37(63)77-33-27-57(5)39(49(68)58(6)38(33)51(69)74-10)45(81-52-43(67)40(64)32(26-55)78-52)46-41(65)42(66)50(80-46)59-22-21-34(60)56-54(59)70/h21-22,28-33,38-48,50,52-53,64-67H,11-20,23-27,55H2,1-10H3,(H,56,60,70). The minimum absolute atomic E-state index is 0.203. The Bertz CT molecular complexity index is 2290. The first kappa shape index (κ1) is 67.3. The average molecular weight is 1160 g/mol. The summed E-state index contributed by atoms with van der Waals surface area (Å²) in [4.78, 5) is 98.9. The van der Waals surface area contributed by atoms with Crippen LogP contribution in [0, 0.1) is 11.8 Å². The largest absolute Gasteiger partial charge is 0.467 e. The number of nitrogens with one attached hydrogen (secondary N) is 1. The molecular formula is C54H89N5O22. The second-order valence-corrected chi connectivity index (χ2v) is 22.1. The number of aromatic nitrogens is 2. The number of amides is 1. The number of carbonyl (C=O) groups excluding carboxylic acids is 5. The van der Waals surface area contributed by atoms with Crippen molar-refractivity contribution in [1.29, 1.82) is 0 Å². The third kappa shape index (κ3) is 17.8. The SMILES string of the molecule is COC(=O)C1C(OC(=O)CC(CCCCCCCCCCC(C)C)OC(=O)CC(C)CC(=O)OC2OC(C)C(OC)C(OC)C2OC)CN(C)C(C(OC2OC(CN)C(O)C2O)C2OC(n3ccc(=O)[nH]c3=O)C(O)C2O)C(=O)N1C. The first-order chi connectivity index (χ1) is 38.5. The summed E-state index contributed by atoms with van der Waals surface area (Å²) >= 11 is 0. The molecular weight excluding hydrogens is 1070 g/mol. The number of methoxy groups -OCH3 is 4. The molecule has 0 saturated carbocycles. The van der Waals surface area contributed by atoms with Crippen LogP contribution in [-0.2, 0) is 76.1 Å². The summed E-state index contributed by atoms with van der Waals surface area (Å²) < 4.78 is 64.3. The normalized spacial score (nSPS) is 32.0. The number of H-pyrrole nitrogens is 1. The van der Waals surface area contributed by atoms with Crippen molar-refractivity contribution in [2.45, 2.75) is 221 Å². The van der Waals surface area contributed by atoms with E-state index in [1.54, 1.807) is 13.8 Å². The quantitative estimate of drug-likeness (QED) is 0.0329. The molecule has 0 spiro atoms. The van der Waals surface area contributed by atoms with Crippen molar-refractivity contribution in [1.82, 2.24) is 19.4 Å². The molecule has 4 aliphatic rings. The number of nitrogens with zero attached hydrogens (tertiary/aromatic N) is 3. The third-order valence-electron chi connectivity index (χ3n) is 15.5. The van der Waals surface area contributed by atoms with Gasteiger partial charge in [0, 0.05) is 66.6 Å². The van der Waals surface area contributed by atoms with E-state index >= 15 is 0 Å². The van der Waals surface area contributed by atoms with Gasteiger partial charge in [-0.15, -0.1) is 0 Å². The molecule has 4 aliphatic heterocycles. The molecule has 81 heavy (non-hydrogen) atoms. The van der Waals surface area contributed by atoms with Crippen molar-refractivity contribution in [3.05, 3.63) is 33.1 Å². The van der Waals surface area contributed by atoms with Gasteiger partial charge >= 0.3 is 29.6 Å². The van der Waals surface area contributed by atoms with Crippen LogP contribution in [0.5, 0.6) is 0 Å². The highest BCUT2D eigenvalue weighted by Crippen LogP contribution is 2.37. The van der Waals surface area contributed by atoms with Crippen LogP contribution in [0.3, 0.4) is 0 Å². The Balaban J connectivity index is 1.34. The fourth-order valence-corrected chi connectivity index (χ4v) is 11.1. The highest BCUT2D eigenvalue weighted by molar-refractivity contribution is 5.89. The Morgan fingerprint density at radius 2 is 1.33 bits per heavy atom. The van der Waals surface area contributed by atoms with Gasteiger partial charge in [-0.2, -0.15) is 0 Å². The molecule has 0 radical (unpaired) electrons. The molecule has 5 heterocycles. The molecule has 27 nitrogen and oxygen atoms in total. The summed E-state index contributed by atoms with van der Waals surface area (Å²) in [5.74, 6) is -4.13. The van der Waals surface area contributed by atoms with E-state index in [0.29, 0.717) is 12.3 Å². The Labute approximate surface area is 472 Å². The second kappa shape index (κ2) is 32.0. The maximum atomic E-state index is 14.9. The number of rotatable bonds is 30. The molecule has 1 aromatic heterocycles. The first-order valence-corrected chi connectivity index (χ1v) is 28.1.